The predicted octanol–water partition coefficient (Wildman–Crippen LogP) is 2.38. The first-order valence-corrected chi connectivity index (χ1v) is 6.43. The quantitative estimate of drug-likeness (QED) is 0.891. The fraction of sp³-hybridized carbons (Fsp3) is 0.538. The lowest BCUT2D eigenvalue weighted by Gasteiger charge is -2.12. The highest BCUT2D eigenvalue weighted by molar-refractivity contribution is 5.52. The van der Waals surface area contributed by atoms with Gasteiger partial charge in [0.25, 0.3) is 0 Å². The number of hydrogen-bond donors (Lipinski definition) is 2. The zero-order chi connectivity index (χ0) is 14.6. The number of pyridine rings is 1. The summed E-state index contributed by atoms with van der Waals surface area (Å²) >= 11 is 0. The molecule has 2 rings (SSSR count). The molecular weight excluding hydrogens is 269 g/mol. The van der Waals surface area contributed by atoms with Crippen molar-refractivity contribution in [3.05, 3.63) is 23.4 Å². The Bertz CT molecular complexity index is 501. The number of halogens is 3. The lowest BCUT2D eigenvalue weighted by molar-refractivity contribution is -0.141. The van der Waals surface area contributed by atoms with Crippen LogP contribution in [-0.2, 0) is 6.18 Å². The fourth-order valence-electron chi connectivity index (χ4n) is 2.20. The summed E-state index contributed by atoms with van der Waals surface area (Å²) in [6.07, 6.45) is -2.58. The largest absolute Gasteiger partial charge is 0.433 e. The highest BCUT2D eigenvalue weighted by Crippen LogP contribution is 2.29. The van der Waals surface area contributed by atoms with Gasteiger partial charge in [-0.15, -0.1) is 0 Å². The Morgan fingerprint density at radius 1 is 1.45 bits per heavy atom. The average Bonchev–Trinajstić information content (AvgIpc) is 2.90. The summed E-state index contributed by atoms with van der Waals surface area (Å²) in [4.78, 5) is 3.50. The van der Waals surface area contributed by atoms with E-state index in [1.807, 2.05) is 6.07 Å². The number of nitrogens with zero attached hydrogens (tertiary/aromatic N) is 2. The van der Waals surface area contributed by atoms with Crippen molar-refractivity contribution in [1.29, 1.82) is 5.26 Å². The third-order valence-corrected chi connectivity index (χ3v) is 3.31. The first-order chi connectivity index (χ1) is 9.50. The van der Waals surface area contributed by atoms with Gasteiger partial charge in [0.1, 0.15) is 17.6 Å². The van der Waals surface area contributed by atoms with Gasteiger partial charge in [0.2, 0.25) is 0 Å². The zero-order valence-corrected chi connectivity index (χ0v) is 10.8. The van der Waals surface area contributed by atoms with E-state index in [-0.39, 0.29) is 11.4 Å². The smallest absolute Gasteiger partial charge is 0.369 e. The Morgan fingerprint density at radius 2 is 2.25 bits per heavy atom. The molecule has 0 bridgehead atoms. The SMILES string of the molecule is N#Cc1ccc(C(F)(F)F)nc1NCCC1CCNC1. The van der Waals surface area contributed by atoms with Crippen LogP contribution in [0.2, 0.25) is 0 Å². The van der Waals surface area contributed by atoms with Crippen molar-refractivity contribution in [2.75, 3.05) is 25.0 Å². The van der Waals surface area contributed by atoms with Crippen molar-refractivity contribution in [2.24, 2.45) is 5.92 Å². The van der Waals surface area contributed by atoms with E-state index in [9.17, 15) is 13.2 Å². The van der Waals surface area contributed by atoms with Crippen molar-refractivity contribution < 1.29 is 13.2 Å². The number of anilines is 1. The van der Waals surface area contributed by atoms with E-state index >= 15 is 0 Å². The van der Waals surface area contributed by atoms with Gasteiger partial charge in [-0.05, 0) is 44.0 Å². The average molecular weight is 284 g/mol. The molecule has 20 heavy (non-hydrogen) atoms. The monoisotopic (exact) mass is 284 g/mol. The van der Waals surface area contributed by atoms with E-state index in [1.165, 1.54) is 0 Å². The lowest BCUT2D eigenvalue weighted by Crippen LogP contribution is -2.15. The molecule has 0 spiro atoms. The number of hydrogen-bond acceptors (Lipinski definition) is 4. The van der Waals surface area contributed by atoms with E-state index < -0.39 is 11.9 Å². The maximum absolute atomic E-state index is 12.6. The maximum Gasteiger partial charge on any atom is 0.433 e. The molecule has 1 aromatic heterocycles. The molecule has 1 fully saturated rings. The topological polar surface area (TPSA) is 60.7 Å². The van der Waals surface area contributed by atoms with Crippen LogP contribution >= 0.6 is 0 Å². The predicted molar refractivity (Wildman–Crippen MR) is 68.0 cm³/mol. The van der Waals surface area contributed by atoms with Crippen LogP contribution in [0.1, 0.15) is 24.1 Å². The Morgan fingerprint density at radius 3 is 2.85 bits per heavy atom. The molecule has 0 aromatic carbocycles. The summed E-state index contributed by atoms with van der Waals surface area (Å²) in [5.41, 5.74) is -0.857. The summed E-state index contributed by atoms with van der Waals surface area (Å²) < 4.78 is 37.8. The van der Waals surface area contributed by atoms with Crippen molar-refractivity contribution >= 4 is 5.82 Å². The third kappa shape index (κ3) is 3.61. The molecule has 1 aromatic rings. The van der Waals surface area contributed by atoms with Crippen LogP contribution in [0, 0.1) is 17.2 Å². The minimum Gasteiger partial charge on any atom is -0.369 e. The number of rotatable bonds is 4. The number of alkyl halides is 3. The minimum absolute atomic E-state index is 0.00767. The van der Waals surface area contributed by atoms with Crippen molar-refractivity contribution in [2.45, 2.75) is 19.0 Å². The molecule has 2 heterocycles. The van der Waals surface area contributed by atoms with Gasteiger partial charge in [-0.3, -0.25) is 0 Å². The zero-order valence-electron chi connectivity index (χ0n) is 10.8. The molecular formula is C13H15F3N4. The van der Waals surface area contributed by atoms with Crippen LogP contribution in [0.3, 0.4) is 0 Å². The van der Waals surface area contributed by atoms with Gasteiger partial charge in [0.05, 0.1) is 5.56 Å². The van der Waals surface area contributed by atoms with Gasteiger partial charge < -0.3 is 10.6 Å². The van der Waals surface area contributed by atoms with Gasteiger partial charge in [-0.1, -0.05) is 0 Å². The van der Waals surface area contributed by atoms with Crippen molar-refractivity contribution in [3.8, 4) is 6.07 Å². The summed E-state index contributed by atoms with van der Waals surface area (Å²) in [5, 5.41) is 15.0. The summed E-state index contributed by atoms with van der Waals surface area (Å²) in [6, 6.07) is 3.82. The second kappa shape index (κ2) is 6.09. The van der Waals surface area contributed by atoms with E-state index in [2.05, 4.69) is 15.6 Å². The molecule has 1 saturated heterocycles. The van der Waals surface area contributed by atoms with Crippen molar-refractivity contribution in [3.63, 3.8) is 0 Å². The van der Waals surface area contributed by atoms with Crippen LogP contribution < -0.4 is 10.6 Å². The minimum atomic E-state index is -4.50. The standard InChI is InChI=1S/C13H15F3N4/c14-13(15,16)11-2-1-10(7-17)12(20-11)19-6-4-9-3-5-18-8-9/h1-2,9,18H,3-6,8H2,(H,19,20). The fourth-order valence-corrected chi connectivity index (χ4v) is 2.20. The maximum atomic E-state index is 12.6. The van der Waals surface area contributed by atoms with Gasteiger partial charge in [0.15, 0.2) is 0 Å². The van der Waals surface area contributed by atoms with E-state index in [0.717, 1.165) is 38.1 Å². The van der Waals surface area contributed by atoms with Gasteiger partial charge in [-0.25, -0.2) is 4.98 Å². The van der Waals surface area contributed by atoms with Crippen LogP contribution in [0.4, 0.5) is 19.0 Å². The molecule has 0 aliphatic carbocycles. The Labute approximate surface area is 115 Å². The second-order valence-corrected chi connectivity index (χ2v) is 4.78. The van der Waals surface area contributed by atoms with Crippen LogP contribution in [0.25, 0.3) is 0 Å². The van der Waals surface area contributed by atoms with E-state index in [0.29, 0.717) is 12.5 Å². The Balaban J connectivity index is 2.02. The molecule has 108 valence electrons. The molecule has 0 saturated carbocycles. The van der Waals surface area contributed by atoms with Crippen molar-refractivity contribution in [1.82, 2.24) is 10.3 Å². The Hall–Kier alpha value is -1.81. The van der Waals surface area contributed by atoms with E-state index in [1.54, 1.807) is 0 Å². The molecule has 1 atom stereocenters. The first-order valence-electron chi connectivity index (χ1n) is 6.43. The second-order valence-electron chi connectivity index (χ2n) is 4.78. The van der Waals surface area contributed by atoms with Gasteiger partial charge in [0, 0.05) is 6.54 Å². The molecule has 1 aliphatic rings. The summed E-state index contributed by atoms with van der Waals surface area (Å²) in [7, 11) is 0. The molecule has 4 nitrogen and oxygen atoms in total. The highest BCUT2D eigenvalue weighted by Gasteiger charge is 2.33. The first kappa shape index (κ1) is 14.6. The summed E-state index contributed by atoms with van der Waals surface area (Å²) in [6.45, 7) is 2.42. The highest BCUT2D eigenvalue weighted by atomic mass is 19.4. The molecule has 0 radical (unpaired) electrons. The number of nitrogens with one attached hydrogen (secondary N) is 2. The molecule has 2 N–H and O–H groups in total. The molecule has 1 aliphatic heterocycles. The summed E-state index contributed by atoms with van der Waals surface area (Å²) in [5.74, 6) is 0.534. The Kier molecular flexibility index (Phi) is 4.45. The normalized spacial score (nSPS) is 18.8. The lowest BCUT2D eigenvalue weighted by atomic mass is 10.1. The molecule has 0 amide bonds. The number of nitriles is 1. The van der Waals surface area contributed by atoms with Gasteiger partial charge in [-0.2, -0.15) is 18.4 Å². The van der Waals surface area contributed by atoms with E-state index in [4.69, 9.17) is 5.26 Å². The molecule has 7 heteroatoms. The van der Waals surface area contributed by atoms with Gasteiger partial charge >= 0.3 is 6.18 Å². The molecule has 1 unspecified atom stereocenters. The van der Waals surface area contributed by atoms with Crippen LogP contribution in [-0.4, -0.2) is 24.6 Å². The van der Waals surface area contributed by atoms with Crippen LogP contribution in [0.15, 0.2) is 12.1 Å². The van der Waals surface area contributed by atoms with Crippen LogP contribution in [0.5, 0.6) is 0 Å². The number of aromatic nitrogens is 1. The third-order valence-electron chi connectivity index (χ3n) is 3.31.